The van der Waals surface area contributed by atoms with E-state index in [0.717, 1.165) is 28.1 Å². The third kappa shape index (κ3) is 2.94. The van der Waals surface area contributed by atoms with Crippen molar-refractivity contribution in [2.24, 2.45) is 0 Å². The highest BCUT2D eigenvalue weighted by atomic mass is 16.5. The fourth-order valence-electron chi connectivity index (χ4n) is 3.01. The Balaban J connectivity index is 2.08. The van der Waals surface area contributed by atoms with Gasteiger partial charge in [0, 0.05) is 22.9 Å². The molecule has 2 aromatic carbocycles. The maximum atomic E-state index is 12.3. The molecule has 3 rings (SSSR count). The summed E-state index contributed by atoms with van der Waals surface area (Å²) in [7, 11) is 1.67. The van der Waals surface area contributed by atoms with Crippen LogP contribution in [0.1, 0.15) is 19.4 Å². The van der Waals surface area contributed by atoms with Crippen LogP contribution in [0.4, 0.5) is 5.69 Å². The third-order valence-corrected chi connectivity index (χ3v) is 4.03. The van der Waals surface area contributed by atoms with E-state index in [9.17, 15) is 4.79 Å². The first-order valence-corrected chi connectivity index (χ1v) is 7.78. The van der Waals surface area contributed by atoms with Gasteiger partial charge in [-0.25, -0.2) is 0 Å². The summed E-state index contributed by atoms with van der Waals surface area (Å²) >= 11 is 0. The molecule has 0 aliphatic carbocycles. The summed E-state index contributed by atoms with van der Waals surface area (Å²) in [6.45, 7) is 4.59. The fraction of sp³-hybridized carbons (Fsp3) is 0.316. The van der Waals surface area contributed by atoms with Gasteiger partial charge in [-0.15, -0.1) is 0 Å². The van der Waals surface area contributed by atoms with Crippen LogP contribution in [0.5, 0.6) is 5.75 Å². The van der Waals surface area contributed by atoms with Crippen LogP contribution >= 0.6 is 0 Å². The number of benzene rings is 2. The number of fused-ring (bicyclic) bond motifs is 1. The Labute approximate surface area is 136 Å². The molecule has 4 nitrogen and oxygen atoms in total. The largest absolute Gasteiger partial charge is 0.496 e. The highest BCUT2D eigenvalue weighted by Crippen LogP contribution is 2.34. The number of carbonyl (C=O) groups excluding carboxylic acids is 1. The molecule has 4 heteroatoms. The molecular formula is C19H21NO3. The minimum Gasteiger partial charge on any atom is -0.496 e. The number of nitrogens with zero attached hydrogens (tertiary/aromatic N) is 1. The van der Waals surface area contributed by atoms with Crippen molar-refractivity contribution >= 4 is 11.6 Å². The van der Waals surface area contributed by atoms with Gasteiger partial charge in [0.05, 0.1) is 13.7 Å². The summed E-state index contributed by atoms with van der Waals surface area (Å²) in [5, 5.41) is 0. The van der Waals surface area contributed by atoms with Gasteiger partial charge in [-0.2, -0.15) is 0 Å². The summed E-state index contributed by atoms with van der Waals surface area (Å²) in [5.41, 5.74) is 4.04. The van der Waals surface area contributed by atoms with Crippen molar-refractivity contribution in [2.75, 3.05) is 18.6 Å². The van der Waals surface area contributed by atoms with E-state index in [0.29, 0.717) is 6.61 Å². The van der Waals surface area contributed by atoms with Gasteiger partial charge in [-0.05, 0) is 37.6 Å². The topological polar surface area (TPSA) is 38.8 Å². The molecule has 0 unspecified atom stereocenters. The Kier molecular flexibility index (Phi) is 4.35. The molecule has 1 aliphatic rings. The van der Waals surface area contributed by atoms with Gasteiger partial charge in [0.15, 0.2) is 0 Å². The maximum absolute atomic E-state index is 12.3. The Morgan fingerprint density at radius 1 is 1.13 bits per heavy atom. The molecule has 0 fully saturated rings. The van der Waals surface area contributed by atoms with Gasteiger partial charge >= 0.3 is 0 Å². The lowest BCUT2D eigenvalue weighted by Crippen LogP contribution is -2.38. The molecule has 0 N–H and O–H groups in total. The zero-order chi connectivity index (χ0) is 16.4. The van der Waals surface area contributed by atoms with E-state index in [1.54, 1.807) is 7.11 Å². The third-order valence-electron chi connectivity index (χ3n) is 4.03. The van der Waals surface area contributed by atoms with Gasteiger partial charge in [-0.1, -0.05) is 24.3 Å². The molecule has 23 heavy (non-hydrogen) atoms. The van der Waals surface area contributed by atoms with Crippen molar-refractivity contribution in [3.63, 3.8) is 0 Å². The number of ether oxygens (including phenoxy) is 2. The molecule has 2 aromatic rings. The van der Waals surface area contributed by atoms with Gasteiger partial charge in [0.2, 0.25) is 0 Å². The fourth-order valence-corrected chi connectivity index (χ4v) is 3.01. The van der Waals surface area contributed by atoms with E-state index in [1.165, 1.54) is 0 Å². The Morgan fingerprint density at radius 3 is 2.65 bits per heavy atom. The van der Waals surface area contributed by atoms with E-state index in [-0.39, 0.29) is 18.6 Å². The lowest BCUT2D eigenvalue weighted by Gasteiger charge is -2.26. The first kappa shape index (κ1) is 15.6. The van der Waals surface area contributed by atoms with Crippen LogP contribution < -0.4 is 9.64 Å². The highest BCUT2D eigenvalue weighted by Gasteiger charge is 2.25. The van der Waals surface area contributed by atoms with E-state index in [4.69, 9.17) is 9.47 Å². The van der Waals surface area contributed by atoms with Crippen LogP contribution in [0.3, 0.4) is 0 Å². The van der Waals surface area contributed by atoms with Gasteiger partial charge in [0.25, 0.3) is 5.91 Å². The number of hydrogen-bond donors (Lipinski definition) is 0. The molecule has 0 saturated heterocycles. The SMILES string of the molecule is COc1ccccc1-c1ccc2c(c1)COCC(=O)N2C(C)C. The summed E-state index contributed by atoms with van der Waals surface area (Å²) in [6, 6.07) is 14.1. The van der Waals surface area contributed by atoms with E-state index in [2.05, 4.69) is 6.07 Å². The number of rotatable bonds is 3. The number of anilines is 1. The zero-order valence-corrected chi connectivity index (χ0v) is 13.7. The maximum Gasteiger partial charge on any atom is 0.253 e. The second-order valence-electron chi connectivity index (χ2n) is 5.89. The number of carbonyl (C=O) groups is 1. The molecular weight excluding hydrogens is 290 g/mol. The lowest BCUT2D eigenvalue weighted by atomic mass is 10.0. The summed E-state index contributed by atoms with van der Waals surface area (Å²) in [4.78, 5) is 14.1. The van der Waals surface area contributed by atoms with Crippen molar-refractivity contribution in [2.45, 2.75) is 26.5 Å². The van der Waals surface area contributed by atoms with Crippen molar-refractivity contribution in [1.82, 2.24) is 0 Å². The zero-order valence-electron chi connectivity index (χ0n) is 13.7. The molecule has 1 heterocycles. The molecule has 0 spiro atoms. The average Bonchev–Trinajstić information content (AvgIpc) is 2.72. The van der Waals surface area contributed by atoms with E-state index >= 15 is 0 Å². The molecule has 0 bridgehead atoms. The predicted molar refractivity (Wildman–Crippen MR) is 90.7 cm³/mol. The monoisotopic (exact) mass is 311 g/mol. The number of methoxy groups -OCH3 is 1. The Hall–Kier alpha value is -2.33. The highest BCUT2D eigenvalue weighted by molar-refractivity contribution is 5.96. The lowest BCUT2D eigenvalue weighted by molar-refractivity contribution is -0.123. The van der Waals surface area contributed by atoms with E-state index < -0.39 is 0 Å². The minimum absolute atomic E-state index is 0.00351. The van der Waals surface area contributed by atoms with Crippen molar-refractivity contribution in [1.29, 1.82) is 0 Å². The van der Waals surface area contributed by atoms with Gasteiger partial charge in [-0.3, -0.25) is 4.79 Å². The summed E-state index contributed by atoms with van der Waals surface area (Å²) in [5.74, 6) is 0.836. The molecule has 0 saturated carbocycles. The number of amides is 1. The summed E-state index contributed by atoms with van der Waals surface area (Å²) < 4.78 is 11.0. The van der Waals surface area contributed by atoms with Crippen LogP contribution in [-0.2, 0) is 16.1 Å². The Morgan fingerprint density at radius 2 is 1.91 bits per heavy atom. The second kappa shape index (κ2) is 6.42. The Bertz CT molecular complexity index is 724. The van der Waals surface area contributed by atoms with Crippen molar-refractivity contribution in [3.05, 3.63) is 48.0 Å². The number of para-hydroxylation sites is 1. The quantitative estimate of drug-likeness (QED) is 0.869. The standard InChI is InChI=1S/C19H21NO3/c1-13(2)20-17-9-8-14(10-15(17)11-23-12-19(20)21)16-6-4-5-7-18(16)22-3/h4-10,13H,11-12H2,1-3H3. The molecule has 0 atom stereocenters. The smallest absolute Gasteiger partial charge is 0.253 e. The molecule has 1 aliphatic heterocycles. The van der Waals surface area contributed by atoms with Crippen LogP contribution in [-0.4, -0.2) is 25.7 Å². The molecule has 120 valence electrons. The van der Waals surface area contributed by atoms with Crippen LogP contribution in [0, 0.1) is 0 Å². The number of hydrogen-bond acceptors (Lipinski definition) is 3. The molecule has 1 amide bonds. The minimum atomic E-state index is 0.00351. The van der Waals surface area contributed by atoms with E-state index in [1.807, 2.05) is 55.1 Å². The average molecular weight is 311 g/mol. The molecule has 0 aromatic heterocycles. The molecule has 0 radical (unpaired) electrons. The van der Waals surface area contributed by atoms with Crippen LogP contribution in [0.25, 0.3) is 11.1 Å². The van der Waals surface area contributed by atoms with Crippen LogP contribution in [0.15, 0.2) is 42.5 Å². The van der Waals surface area contributed by atoms with Gasteiger partial charge < -0.3 is 14.4 Å². The first-order valence-electron chi connectivity index (χ1n) is 7.78. The van der Waals surface area contributed by atoms with Crippen molar-refractivity contribution < 1.29 is 14.3 Å². The van der Waals surface area contributed by atoms with Crippen molar-refractivity contribution in [3.8, 4) is 16.9 Å². The van der Waals surface area contributed by atoms with Gasteiger partial charge in [0.1, 0.15) is 12.4 Å². The van der Waals surface area contributed by atoms with Crippen LogP contribution in [0.2, 0.25) is 0 Å². The normalized spacial score (nSPS) is 14.6. The second-order valence-corrected chi connectivity index (χ2v) is 5.89. The first-order chi connectivity index (χ1) is 11.1. The predicted octanol–water partition coefficient (Wildman–Crippen LogP) is 3.63. The summed E-state index contributed by atoms with van der Waals surface area (Å²) in [6.07, 6.45) is 0.